The topological polar surface area (TPSA) is 23.6 Å². The fourth-order valence-corrected chi connectivity index (χ4v) is 6.56. The number of benzene rings is 1. The van der Waals surface area contributed by atoms with Crippen molar-refractivity contribution >= 4 is 51.7 Å². The Labute approximate surface area is 156 Å². The van der Waals surface area contributed by atoms with Crippen molar-refractivity contribution in [1.29, 1.82) is 0 Å². The zero-order chi connectivity index (χ0) is 16.8. The number of fused-ring (bicyclic) bond motifs is 1. The molecule has 0 atom stereocenters. The number of carbonyl (C=O) groups excluding carboxylic acids is 1. The Morgan fingerprint density at radius 1 is 1.17 bits per heavy atom. The third-order valence-electron chi connectivity index (χ3n) is 4.92. The van der Waals surface area contributed by atoms with E-state index in [0.717, 1.165) is 27.8 Å². The minimum absolute atomic E-state index is 0.107. The second kappa shape index (κ2) is 6.39. The summed E-state index contributed by atoms with van der Waals surface area (Å²) in [6, 6.07) is 6.77. The van der Waals surface area contributed by atoms with Gasteiger partial charge in [-0.15, -0.1) is 0 Å². The first-order valence-electron chi connectivity index (χ1n) is 8.38. The Balaban J connectivity index is 1.66. The van der Waals surface area contributed by atoms with Crippen LogP contribution in [0.3, 0.4) is 0 Å². The van der Waals surface area contributed by atoms with Crippen LogP contribution in [0.15, 0.2) is 33.0 Å². The Bertz CT molecular complexity index is 753. The Hall–Kier alpha value is -0.980. The van der Waals surface area contributed by atoms with Gasteiger partial charge in [-0.05, 0) is 49.2 Å². The van der Waals surface area contributed by atoms with Gasteiger partial charge in [0.15, 0.2) is 0 Å². The van der Waals surface area contributed by atoms with E-state index in [9.17, 15) is 4.79 Å². The highest BCUT2D eigenvalue weighted by Gasteiger charge is 2.41. The van der Waals surface area contributed by atoms with E-state index in [1.54, 1.807) is 11.8 Å². The normalized spacial score (nSPS) is 24.9. The minimum Gasteiger partial charge on any atom is -0.337 e. The molecule has 1 aliphatic carbocycles. The van der Waals surface area contributed by atoms with Crippen molar-refractivity contribution in [2.24, 2.45) is 0 Å². The van der Waals surface area contributed by atoms with Gasteiger partial charge < -0.3 is 4.90 Å². The van der Waals surface area contributed by atoms with E-state index in [1.165, 1.54) is 47.2 Å². The van der Waals surface area contributed by atoms with Crippen LogP contribution in [0.2, 0.25) is 0 Å². The fraction of sp³-hybridized carbons (Fsp3) is 0.444. The van der Waals surface area contributed by atoms with Gasteiger partial charge >= 0.3 is 0 Å². The van der Waals surface area contributed by atoms with Crippen molar-refractivity contribution in [2.45, 2.75) is 50.0 Å². The average molecular weight is 377 g/mol. The van der Waals surface area contributed by atoms with Crippen LogP contribution >= 0.6 is 35.7 Å². The molecule has 4 rings (SSSR count). The molecule has 3 aliphatic rings. The first kappa shape index (κ1) is 16.5. The lowest BCUT2D eigenvalue weighted by Crippen LogP contribution is -2.39. The van der Waals surface area contributed by atoms with Crippen LogP contribution in [0.4, 0.5) is 10.5 Å². The summed E-state index contributed by atoms with van der Waals surface area (Å²) in [5.41, 5.74) is 2.45. The molecule has 2 aliphatic heterocycles. The van der Waals surface area contributed by atoms with E-state index in [4.69, 9.17) is 12.2 Å². The number of hydrogen-bond donors (Lipinski definition) is 0. The van der Waals surface area contributed by atoms with E-state index < -0.39 is 0 Å². The van der Waals surface area contributed by atoms with Gasteiger partial charge in [0.05, 0.1) is 15.6 Å². The summed E-state index contributed by atoms with van der Waals surface area (Å²) in [5.74, 6) is 0. The molecular formula is C18H20N2OS3. The predicted molar refractivity (Wildman–Crippen MR) is 107 cm³/mol. The smallest absolute Gasteiger partial charge is 0.292 e. The highest BCUT2D eigenvalue weighted by Crippen LogP contribution is 2.51. The third kappa shape index (κ3) is 2.68. The molecule has 6 heteroatoms. The zero-order valence-electron chi connectivity index (χ0n) is 13.9. The van der Waals surface area contributed by atoms with Crippen LogP contribution in [-0.4, -0.2) is 28.2 Å². The maximum Gasteiger partial charge on any atom is 0.292 e. The van der Waals surface area contributed by atoms with Gasteiger partial charge in [0.2, 0.25) is 0 Å². The second-order valence-corrected chi connectivity index (χ2v) is 8.98. The van der Waals surface area contributed by atoms with Crippen LogP contribution < -0.4 is 4.90 Å². The van der Waals surface area contributed by atoms with Gasteiger partial charge in [-0.1, -0.05) is 49.3 Å². The lowest BCUT2D eigenvalue weighted by atomic mass is 9.94. The van der Waals surface area contributed by atoms with Gasteiger partial charge in [0.1, 0.15) is 4.99 Å². The van der Waals surface area contributed by atoms with E-state index in [1.807, 2.05) is 4.90 Å². The monoisotopic (exact) mass is 376 g/mol. The number of hydrogen-bond acceptors (Lipinski definition) is 5. The summed E-state index contributed by atoms with van der Waals surface area (Å²) >= 11 is 8.78. The quantitative estimate of drug-likeness (QED) is 0.473. The SMILES string of the molecule is Cc1ccc2c(c1)S/C(=C1\SC(=O)N(C3CCCCC3)C1=S)N2C. The minimum atomic E-state index is 0.107. The van der Waals surface area contributed by atoms with Crippen molar-refractivity contribution < 1.29 is 4.79 Å². The number of thiocarbonyl (C=S) groups is 1. The summed E-state index contributed by atoms with van der Waals surface area (Å²) < 4.78 is 0. The summed E-state index contributed by atoms with van der Waals surface area (Å²) in [5, 5.41) is 1.20. The maximum absolute atomic E-state index is 12.6. The number of nitrogens with zero attached hydrogens (tertiary/aromatic N) is 2. The van der Waals surface area contributed by atoms with Gasteiger partial charge in [0, 0.05) is 18.0 Å². The molecular weight excluding hydrogens is 356 g/mol. The number of anilines is 1. The lowest BCUT2D eigenvalue weighted by molar-refractivity contribution is 0.221. The number of thioether (sulfide) groups is 2. The summed E-state index contributed by atoms with van der Waals surface area (Å²) in [7, 11) is 2.06. The second-order valence-electron chi connectivity index (χ2n) is 6.60. The van der Waals surface area contributed by atoms with Crippen LogP contribution in [0.25, 0.3) is 0 Å². The summed E-state index contributed by atoms with van der Waals surface area (Å²) in [6.07, 6.45) is 5.84. The lowest BCUT2D eigenvalue weighted by Gasteiger charge is -2.30. The molecule has 1 aromatic carbocycles. The fourth-order valence-electron chi connectivity index (χ4n) is 3.62. The van der Waals surface area contributed by atoms with Crippen LogP contribution in [0.5, 0.6) is 0 Å². The number of rotatable bonds is 1. The van der Waals surface area contributed by atoms with Crippen molar-refractivity contribution in [3.05, 3.63) is 33.7 Å². The molecule has 1 saturated carbocycles. The van der Waals surface area contributed by atoms with Crippen molar-refractivity contribution in [2.75, 3.05) is 11.9 Å². The molecule has 1 aromatic rings. The molecule has 2 heterocycles. The third-order valence-corrected chi connectivity index (χ3v) is 7.76. The molecule has 126 valence electrons. The van der Waals surface area contributed by atoms with E-state index >= 15 is 0 Å². The molecule has 3 nitrogen and oxygen atoms in total. The van der Waals surface area contributed by atoms with Gasteiger partial charge in [-0.2, -0.15) is 0 Å². The molecule has 1 amide bonds. The molecule has 0 spiro atoms. The first-order valence-corrected chi connectivity index (χ1v) is 10.4. The van der Waals surface area contributed by atoms with Gasteiger partial charge in [-0.25, -0.2) is 0 Å². The van der Waals surface area contributed by atoms with Crippen LogP contribution in [0.1, 0.15) is 37.7 Å². The van der Waals surface area contributed by atoms with Gasteiger partial charge in [-0.3, -0.25) is 9.69 Å². The highest BCUT2D eigenvalue weighted by atomic mass is 32.2. The standard InChI is InChI=1S/C18H20N2OS3/c1-11-8-9-13-14(10-11)23-17(19(13)2)15-16(22)20(18(21)24-15)12-6-4-3-5-7-12/h8-10,12H,3-7H2,1-2H3/b17-15-. The largest absolute Gasteiger partial charge is 0.337 e. The van der Waals surface area contributed by atoms with Gasteiger partial charge in [0.25, 0.3) is 5.24 Å². The summed E-state index contributed by atoms with van der Waals surface area (Å²) in [4.78, 5) is 19.6. The molecule has 0 bridgehead atoms. The maximum atomic E-state index is 12.6. The zero-order valence-corrected chi connectivity index (χ0v) is 16.3. The van der Waals surface area contributed by atoms with Crippen molar-refractivity contribution in [3.8, 4) is 0 Å². The molecule has 1 saturated heterocycles. The molecule has 0 aromatic heterocycles. The number of aryl methyl sites for hydroxylation is 1. The summed E-state index contributed by atoms with van der Waals surface area (Å²) in [6.45, 7) is 2.11. The van der Waals surface area contributed by atoms with Crippen molar-refractivity contribution in [3.63, 3.8) is 0 Å². The van der Waals surface area contributed by atoms with Crippen LogP contribution in [-0.2, 0) is 0 Å². The number of amides is 1. The average Bonchev–Trinajstić information content (AvgIpc) is 3.04. The van der Waals surface area contributed by atoms with E-state index in [-0.39, 0.29) is 5.24 Å². The van der Waals surface area contributed by atoms with E-state index in [2.05, 4.69) is 37.1 Å². The molecule has 0 N–H and O–H groups in total. The molecule has 2 fully saturated rings. The van der Waals surface area contributed by atoms with Crippen LogP contribution in [0, 0.1) is 6.92 Å². The Morgan fingerprint density at radius 2 is 1.92 bits per heavy atom. The Kier molecular flexibility index (Phi) is 4.39. The van der Waals surface area contributed by atoms with E-state index in [0.29, 0.717) is 6.04 Å². The Morgan fingerprint density at radius 3 is 2.67 bits per heavy atom. The van der Waals surface area contributed by atoms with Crippen molar-refractivity contribution in [1.82, 2.24) is 4.90 Å². The predicted octanol–water partition coefficient (Wildman–Crippen LogP) is 5.53. The highest BCUT2D eigenvalue weighted by molar-refractivity contribution is 8.20. The molecule has 0 radical (unpaired) electrons. The number of carbonyl (C=O) groups is 1. The molecule has 0 unspecified atom stereocenters. The first-order chi connectivity index (χ1) is 11.6. The molecule has 24 heavy (non-hydrogen) atoms.